The molecule has 2 amide bonds. The Bertz CT molecular complexity index is 385. The first-order chi connectivity index (χ1) is 11.2. The van der Waals surface area contributed by atoms with Crippen LogP contribution in [0.15, 0.2) is 0 Å². The summed E-state index contributed by atoms with van der Waals surface area (Å²) in [5, 5.41) is 24.6. The molecule has 0 radical (unpaired) electrons. The molecule has 6 nitrogen and oxygen atoms in total. The molecule has 6 heteroatoms. The molecule has 0 unspecified atom stereocenters. The van der Waals surface area contributed by atoms with E-state index in [4.69, 9.17) is 0 Å². The Morgan fingerprint density at radius 3 is 1.46 bits per heavy atom. The SMILES string of the molecule is CC(C)C[C@H](CO)NC(=O)C1(C(=O)N[C@@H](CO)CC(C)C)CCC1. The van der Waals surface area contributed by atoms with Gasteiger partial charge >= 0.3 is 0 Å². The predicted octanol–water partition coefficient (Wildman–Crippen LogP) is 1.20. The number of amides is 2. The number of hydrogen-bond donors (Lipinski definition) is 4. The zero-order valence-corrected chi connectivity index (χ0v) is 15.5. The molecule has 2 atom stereocenters. The van der Waals surface area contributed by atoms with Crippen molar-refractivity contribution in [1.29, 1.82) is 0 Å². The van der Waals surface area contributed by atoms with E-state index >= 15 is 0 Å². The van der Waals surface area contributed by atoms with E-state index in [-0.39, 0.29) is 37.1 Å². The molecular formula is C18H34N2O4. The average Bonchev–Trinajstić information content (AvgIpc) is 2.43. The van der Waals surface area contributed by atoms with Crippen molar-refractivity contribution in [3.8, 4) is 0 Å². The number of aliphatic hydroxyl groups is 2. The van der Waals surface area contributed by atoms with Gasteiger partial charge in [0, 0.05) is 0 Å². The summed E-state index contributed by atoms with van der Waals surface area (Å²) in [6.07, 6.45) is 3.22. The maximum atomic E-state index is 12.7. The minimum absolute atomic E-state index is 0.131. The average molecular weight is 342 g/mol. The van der Waals surface area contributed by atoms with Gasteiger partial charge in [-0.05, 0) is 37.5 Å². The van der Waals surface area contributed by atoms with Gasteiger partial charge in [0.25, 0.3) is 0 Å². The highest BCUT2D eigenvalue weighted by Crippen LogP contribution is 2.41. The second kappa shape index (κ2) is 9.37. The van der Waals surface area contributed by atoms with Gasteiger partial charge in [0.05, 0.1) is 25.3 Å². The van der Waals surface area contributed by atoms with Gasteiger partial charge in [-0.2, -0.15) is 0 Å². The van der Waals surface area contributed by atoms with Crippen LogP contribution in [0, 0.1) is 17.3 Å². The maximum absolute atomic E-state index is 12.7. The Morgan fingerprint density at radius 1 is 0.875 bits per heavy atom. The van der Waals surface area contributed by atoms with E-state index in [1.165, 1.54) is 0 Å². The van der Waals surface area contributed by atoms with Gasteiger partial charge in [0.1, 0.15) is 5.41 Å². The maximum Gasteiger partial charge on any atom is 0.235 e. The minimum atomic E-state index is -1.05. The molecule has 0 bridgehead atoms. The van der Waals surface area contributed by atoms with Gasteiger partial charge in [-0.25, -0.2) is 0 Å². The highest BCUT2D eigenvalue weighted by molar-refractivity contribution is 6.06. The molecule has 24 heavy (non-hydrogen) atoms. The number of rotatable bonds is 10. The first-order valence-electron chi connectivity index (χ1n) is 9.08. The molecule has 0 heterocycles. The summed E-state index contributed by atoms with van der Waals surface area (Å²) in [6.45, 7) is 7.84. The molecular weight excluding hydrogens is 308 g/mol. The summed E-state index contributed by atoms with van der Waals surface area (Å²) in [6, 6.07) is -0.654. The van der Waals surface area contributed by atoms with E-state index in [0.29, 0.717) is 37.5 Å². The number of aliphatic hydroxyl groups excluding tert-OH is 2. The van der Waals surface area contributed by atoms with Crippen LogP contribution < -0.4 is 10.6 Å². The molecule has 0 saturated heterocycles. The van der Waals surface area contributed by atoms with Crippen molar-refractivity contribution in [1.82, 2.24) is 10.6 Å². The first-order valence-corrected chi connectivity index (χ1v) is 9.08. The molecule has 1 fully saturated rings. The number of carbonyl (C=O) groups is 2. The third-order valence-corrected chi connectivity index (χ3v) is 4.70. The molecule has 1 saturated carbocycles. The van der Waals surface area contributed by atoms with E-state index < -0.39 is 5.41 Å². The normalized spacial score (nSPS) is 18.8. The molecule has 0 aromatic rings. The highest BCUT2D eigenvalue weighted by Gasteiger charge is 2.51. The lowest BCUT2D eigenvalue weighted by Gasteiger charge is -2.40. The van der Waals surface area contributed by atoms with Crippen molar-refractivity contribution in [2.45, 2.75) is 71.9 Å². The molecule has 0 spiro atoms. The van der Waals surface area contributed by atoms with Crippen LogP contribution in [0.4, 0.5) is 0 Å². The van der Waals surface area contributed by atoms with Crippen LogP contribution in [-0.4, -0.2) is 47.3 Å². The van der Waals surface area contributed by atoms with Crippen molar-refractivity contribution >= 4 is 11.8 Å². The third kappa shape index (κ3) is 5.45. The number of nitrogens with one attached hydrogen (secondary N) is 2. The molecule has 0 aliphatic heterocycles. The largest absolute Gasteiger partial charge is 0.394 e. The highest BCUT2D eigenvalue weighted by atomic mass is 16.3. The molecule has 0 aromatic heterocycles. The van der Waals surface area contributed by atoms with Crippen molar-refractivity contribution in [2.24, 2.45) is 17.3 Å². The summed E-state index contributed by atoms with van der Waals surface area (Å²) in [4.78, 5) is 25.4. The lowest BCUT2D eigenvalue weighted by atomic mass is 9.67. The molecule has 4 N–H and O–H groups in total. The van der Waals surface area contributed by atoms with Gasteiger partial charge < -0.3 is 20.8 Å². The number of carbonyl (C=O) groups excluding carboxylic acids is 2. The molecule has 1 aliphatic carbocycles. The molecule has 1 aliphatic rings. The van der Waals surface area contributed by atoms with Crippen LogP contribution >= 0.6 is 0 Å². The lowest BCUT2D eigenvalue weighted by Crippen LogP contribution is -2.59. The predicted molar refractivity (Wildman–Crippen MR) is 93.2 cm³/mol. The molecule has 1 rings (SSSR count). The van der Waals surface area contributed by atoms with Gasteiger partial charge in [-0.15, -0.1) is 0 Å². The summed E-state index contributed by atoms with van der Waals surface area (Å²) in [7, 11) is 0. The van der Waals surface area contributed by atoms with Crippen molar-refractivity contribution in [3.05, 3.63) is 0 Å². The van der Waals surface area contributed by atoms with E-state index in [0.717, 1.165) is 6.42 Å². The standard InChI is InChI=1S/C18H34N2O4/c1-12(2)8-14(10-21)19-16(23)18(6-5-7-18)17(24)20-15(11-22)9-13(3)4/h12-15,21-22H,5-11H2,1-4H3,(H,19,23)(H,20,24)/t14-,15-/m1/s1. The van der Waals surface area contributed by atoms with Gasteiger partial charge in [-0.3, -0.25) is 9.59 Å². The fourth-order valence-corrected chi connectivity index (χ4v) is 3.23. The Kier molecular flexibility index (Phi) is 8.16. The zero-order valence-electron chi connectivity index (χ0n) is 15.5. The summed E-state index contributed by atoms with van der Waals surface area (Å²) in [5.74, 6) is 0.0937. The van der Waals surface area contributed by atoms with Crippen LogP contribution in [0.25, 0.3) is 0 Å². The summed E-state index contributed by atoms with van der Waals surface area (Å²) < 4.78 is 0. The van der Waals surface area contributed by atoms with E-state index in [1.807, 2.05) is 27.7 Å². The van der Waals surface area contributed by atoms with Gasteiger partial charge in [0.2, 0.25) is 11.8 Å². The minimum Gasteiger partial charge on any atom is -0.394 e. The molecule has 0 aromatic carbocycles. The summed E-state index contributed by atoms with van der Waals surface area (Å²) >= 11 is 0. The first kappa shape index (κ1) is 20.9. The Labute approximate surface area is 145 Å². The second-order valence-electron chi connectivity index (χ2n) is 7.90. The fraction of sp³-hybridized carbons (Fsp3) is 0.889. The van der Waals surface area contributed by atoms with Crippen LogP contribution in [0.1, 0.15) is 59.8 Å². The van der Waals surface area contributed by atoms with E-state index in [1.54, 1.807) is 0 Å². The van der Waals surface area contributed by atoms with Crippen molar-refractivity contribution in [2.75, 3.05) is 13.2 Å². The quantitative estimate of drug-likeness (QED) is 0.448. The van der Waals surface area contributed by atoms with Gasteiger partial charge in [0.15, 0.2) is 0 Å². The Hall–Kier alpha value is -1.14. The fourth-order valence-electron chi connectivity index (χ4n) is 3.23. The van der Waals surface area contributed by atoms with Crippen LogP contribution in [0.5, 0.6) is 0 Å². The van der Waals surface area contributed by atoms with Crippen LogP contribution in [0.2, 0.25) is 0 Å². The zero-order chi connectivity index (χ0) is 18.3. The molecule has 140 valence electrons. The van der Waals surface area contributed by atoms with E-state index in [9.17, 15) is 19.8 Å². The van der Waals surface area contributed by atoms with Crippen molar-refractivity contribution in [3.63, 3.8) is 0 Å². The van der Waals surface area contributed by atoms with Crippen LogP contribution in [-0.2, 0) is 9.59 Å². The van der Waals surface area contributed by atoms with E-state index in [2.05, 4.69) is 10.6 Å². The Balaban J connectivity index is 2.73. The third-order valence-electron chi connectivity index (χ3n) is 4.70. The topological polar surface area (TPSA) is 98.7 Å². The lowest BCUT2D eigenvalue weighted by molar-refractivity contribution is -0.151. The monoisotopic (exact) mass is 342 g/mol. The number of hydrogen-bond acceptors (Lipinski definition) is 4. The van der Waals surface area contributed by atoms with Crippen molar-refractivity contribution < 1.29 is 19.8 Å². The van der Waals surface area contributed by atoms with Crippen LogP contribution in [0.3, 0.4) is 0 Å². The second-order valence-corrected chi connectivity index (χ2v) is 7.90. The smallest absolute Gasteiger partial charge is 0.235 e. The van der Waals surface area contributed by atoms with Gasteiger partial charge in [-0.1, -0.05) is 34.1 Å². The Morgan fingerprint density at radius 2 is 1.25 bits per heavy atom. The summed E-state index contributed by atoms with van der Waals surface area (Å²) in [5.41, 5.74) is -1.05.